The molecule has 0 aliphatic heterocycles. The molecule has 2 aromatic rings. The van der Waals surface area contributed by atoms with Gasteiger partial charge in [-0.15, -0.1) is 11.3 Å². The number of carbonyl (C=O) groups excluding carboxylic acids is 1. The fourth-order valence-electron chi connectivity index (χ4n) is 1.94. The van der Waals surface area contributed by atoms with Crippen molar-refractivity contribution in [2.24, 2.45) is 0 Å². The molecule has 2 N–H and O–H groups in total. The maximum atomic E-state index is 12.2. The van der Waals surface area contributed by atoms with Gasteiger partial charge < -0.3 is 10.6 Å². The first kappa shape index (κ1) is 15.1. The van der Waals surface area contributed by atoms with Crippen molar-refractivity contribution >= 4 is 38.9 Å². The van der Waals surface area contributed by atoms with Crippen LogP contribution in [0.25, 0.3) is 0 Å². The van der Waals surface area contributed by atoms with Gasteiger partial charge in [0.05, 0.1) is 9.35 Å². The van der Waals surface area contributed by atoms with Crippen LogP contribution in [0.3, 0.4) is 0 Å². The number of benzene rings is 1. The summed E-state index contributed by atoms with van der Waals surface area (Å²) in [5.41, 5.74) is 2.63. The third-order valence-corrected chi connectivity index (χ3v) is 4.66. The maximum absolute atomic E-state index is 12.2. The summed E-state index contributed by atoms with van der Waals surface area (Å²) >= 11 is 5.14. The van der Waals surface area contributed by atoms with Crippen LogP contribution in [0, 0.1) is 6.92 Å². The summed E-state index contributed by atoms with van der Waals surface area (Å²) in [6.45, 7) is 2.63. The van der Waals surface area contributed by atoms with E-state index in [1.165, 1.54) is 4.88 Å². The molecule has 0 aliphatic carbocycles. The Morgan fingerprint density at radius 3 is 2.75 bits per heavy atom. The average Bonchev–Trinajstić information content (AvgIpc) is 2.84. The van der Waals surface area contributed by atoms with Crippen molar-refractivity contribution < 1.29 is 4.79 Å². The molecule has 3 nitrogen and oxygen atoms in total. The molecule has 0 radical (unpaired) electrons. The van der Waals surface area contributed by atoms with E-state index >= 15 is 0 Å². The Kier molecular flexibility index (Phi) is 5.20. The van der Waals surface area contributed by atoms with Crippen molar-refractivity contribution in [2.45, 2.75) is 13.3 Å². The molecule has 20 heavy (non-hydrogen) atoms. The Morgan fingerprint density at radius 2 is 2.10 bits per heavy atom. The van der Waals surface area contributed by atoms with Gasteiger partial charge in [-0.2, -0.15) is 0 Å². The monoisotopic (exact) mass is 352 g/mol. The number of aryl methyl sites for hydroxylation is 1. The highest BCUT2D eigenvalue weighted by Crippen LogP contribution is 2.22. The van der Waals surface area contributed by atoms with Crippen LogP contribution >= 0.6 is 27.3 Å². The molecule has 0 bridgehead atoms. The van der Waals surface area contributed by atoms with Crippen molar-refractivity contribution in [1.29, 1.82) is 0 Å². The number of hydrogen-bond donors (Lipinski definition) is 2. The van der Waals surface area contributed by atoms with Gasteiger partial charge in [0.15, 0.2) is 0 Å². The standard InChI is InChI=1S/C15H17BrN2OS/c1-10-3-5-13(17-2)12(9-10)15(19)18-8-7-11-4-6-14(16)20-11/h3-6,9,17H,7-8H2,1-2H3,(H,18,19). The van der Waals surface area contributed by atoms with Crippen LogP contribution in [-0.2, 0) is 6.42 Å². The van der Waals surface area contributed by atoms with Crippen molar-refractivity contribution in [3.05, 3.63) is 50.1 Å². The zero-order chi connectivity index (χ0) is 14.5. The predicted octanol–water partition coefficient (Wildman–Crippen LogP) is 3.83. The van der Waals surface area contributed by atoms with Gasteiger partial charge in [0.1, 0.15) is 0 Å². The molecule has 0 unspecified atom stereocenters. The van der Waals surface area contributed by atoms with E-state index in [0.717, 1.165) is 21.5 Å². The van der Waals surface area contributed by atoms with Crippen molar-refractivity contribution in [2.75, 3.05) is 18.9 Å². The molecule has 5 heteroatoms. The summed E-state index contributed by atoms with van der Waals surface area (Å²) < 4.78 is 1.12. The Morgan fingerprint density at radius 1 is 1.30 bits per heavy atom. The number of rotatable bonds is 5. The summed E-state index contributed by atoms with van der Waals surface area (Å²) in [5.74, 6) is -0.0336. The van der Waals surface area contributed by atoms with E-state index in [1.54, 1.807) is 11.3 Å². The third-order valence-electron chi connectivity index (χ3n) is 2.97. The number of halogens is 1. The summed E-state index contributed by atoms with van der Waals surface area (Å²) in [5, 5.41) is 6.02. The molecule has 2 rings (SSSR count). The van der Waals surface area contributed by atoms with Crippen molar-refractivity contribution in [3.63, 3.8) is 0 Å². The third kappa shape index (κ3) is 3.84. The van der Waals surface area contributed by atoms with E-state index in [2.05, 4.69) is 32.6 Å². The zero-order valence-corrected chi connectivity index (χ0v) is 13.9. The maximum Gasteiger partial charge on any atom is 0.253 e. The lowest BCUT2D eigenvalue weighted by molar-refractivity contribution is 0.0955. The van der Waals surface area contributed by atoms with E-state index in [1.807, 2.05) is 38.2 Å². The highest BCUT2D eigenvalue weighted by Gasteiger charge is 2.10. The first-order valence-electron chi connectivity index (χ1n) is 6.41. The lowest BCUT2D eigenvalue weighted by Crippen LogP contribution is -2.26. The molecule has 0 fully saturated rings. The van der Waals surface area contributed by atoms with Crippen LogP contribution in [0.1, 0.15) is 20.8 Å². The fraction of sp³-hybridized carbons (Fsp3) is 0.267. The van der Waals surface area contributed by atoms with Crippen LogP contribution in [0.15, 0.2) is 34.1 Å². The molecular weight excluding hydrogens is 336 g/mol. The van der Waals surface area contributed by atoms with E-state index in [0.29, 0.717) is 12.1 Å². The van der Waals surface area contributed by atoms with E-state index in [9.17, 15) is 4.79 Å². The summed E-state index contributed by atoms with van der Waals surface area (Å²) in [4.78, 5) is 13.5. The van der Waals surface area contributed by atoms with E-state index in [4.69, 9.17) is 0 Å². The largest absolute Gasteiger partial charge is 0.387 e. The van der Waals surface area contributed by atoms with Gasteiger partial charge in [-0.3, -0.25) is 4.79 Å². The topological polar surface area (TPSA) is 41.1 Å². The molecule has 106 valence electrons. The molecule has 0 saturated carbocycles. The molecule has 0 aliphatic rings. The number of hydrogen-bond acceptors (Lipinski definition) is 3. The molecule has 1 amide bonds. The number of anilines is 1. The smallest absolute Gasteiger partial charge is 0.253 e. The normalized spacial score (nSPS) is 10.3. The quantitative estimate of drug-likeness (QED) is 0.858. The minimum atomic E-state index is -0.0336. The molecular formula is C15H17BrN2OS. The number of carbonyl (C=O) groups is 1. The van der Waals surface area contributed by atoms with Gasteiger partial charge >= 0.3 is 0 Å². The second kappa shape index (κ2) is 6.90. The van der Waals surface area contributed by atoms with Gasteiger partial charge in [0.2, 0.25) is 0 Å². The Balaban J connectivity index is 1.96. The minimum Gasteiger partial charge on any atom is -0.387 e. The molecule has 1 heterocycles. The van der Waals surface area contributed by atoms with Gasteiger partial charge in [-0.05, 0) is 53.5 Å². The molecule has 0 spiro atoms. The SMILES string of the molecule is CNc1ccc(C)cc1C(=O)NCCc1ccc(Br)s1. The lowest BCUT2D eigenvalue weighted by atomic mass is 10.1. The second-order valence-corrected chi connectivity index (χ2v) is 7.06. The van der Waals surface area contributed by atoms with Crippen molar-refractivity contribution in [1.82, 2.24) is 5.32 Å². The van der Waals surface area contributed by atoms with E-state index < -0.39 is 0 Å². The fourth-order valence-corrected chi connectivity index (χ4v) is 3.43. The zero-order valence-electron chi connectivity index (χ0n) is 11.5. The minimum absolute atomic E-state index is 0.0336. The lowest BCUT2D eigenvalue weighted by Gasteiger charge is -2.10. The summed E-state index contributed by atoms with van der Waals surface area (Å²) in [6, 6.07) is 9.93. The van der Waals surface area contributed by atoms with E-state index in [-0.39, 0.29) is 5.91 Å². The highest BCUT2D eigenvalue weighted by molar-refractivity contribution is 9.11. The van der Waals surface area contributed by atoms with Crippen molar-refractivity contribution in [3.8, 4) is 0 Å². The van der Waals surface area contributed by atoms with Crippen LogP contribution < -0.4 is 10.6 Å². The van der Waals surface area contributed by atoms with Gasteiger partial charge in [-0.1, -0.05) is 11.6 Å². The Labute approximate surface area is 131 Å². The van der Waals surface area contributed by atoms with Gasteiger partial charge in [0, 0.05) is 24.2 Å². The molecule has 1 aromatic heterocycles. The average molecular weight is 353 g/mol. The second-order valence-electron chi connectivity index (χ2n) is 4.51. The van der Waals surface area contributed by atoms with Gasteiger partial charge in [0.25, 0.3) is 5.91 Å². The molecule has 1 aromatic carbocycles. The number of thiophene rings is 1. The Hall–Kier alpha value is -1.33. The highest BCUT2D eigenvalue weighted by atomic mass is 79.9. The molecule has 0 atom stereocenters. The molecule has 0 saturated heterocycles. The van der Waals surface area contributed by atoms with Crippen LogP contribution in [0.5, 0.6) is 0 Å². The number of nitrogens with one attached hydrogen (secondary N) is 2. The summed E-state index contributed by atoms with van der Waals surface area (Å²) in [6.07, 6.45) is 0.850. The van der Waals surface area contributed by atoms with Crippen LogP contribution in [0.4, 0.5) is 5.69 Å². The van der Waals surface area contributed by atoms with Crippen LogP contribution in [-0.4, -0.2) is 19.5 Å². The van der Waals surface area contributed by atoms with Crippen LogP contribution in [0.2, 0.25) is 0 Å². The predicted molar refractivity (Wildman–Crippen MR) is 88.8 cm³/mol. The first-order valence-corrected chi connectivity index (χ1v) is 8.02. The Bertz CT molecular complexity index is 610. The first-order chi connectivity index (χ1) is 9.60. The number of amides is 1. The van der Waals surface area contributed by atoms with Gasteiger partial charge in [-0.25, -0.2) is 0 Å². The summed E-state index contributed by atoms with van der Waals surface area (Å²) in [7, 11) is 1.82.